The maximum absolute atomic E-state index is 12.8. The van der Waals surface area contributed by atoms with Crippen LogP contribution < -0.4 is 10.2 Å². The summed E-state index contributed by atoms with van der Waals surface area (Å²) in [5.41, 5.74) is 4.36. The topological polar surface area (TPSA) is 59.4 Å². The molecule has 1 fully saturated rings. The van der Waals surface area contributed by atoms with Crippen molar-refractivity contribution in [3.05, 3.63) is 70.5 Å². The average Bonchev–Trinajstić information content (AvgIpc) is 3.15. The third-order valence-electron chi connectivity index (χ3n) is 4.76. The number of ether oxygens (including phenoxy) is 1. The van der Waals surface area contributed by atoms with E-state index in [-0.39, 0.29) is 5.91 Å². The number of halogens is 1. The summed E-state index contributed by atoms with van der Waals surface area (Å²) >= 11 is 3.50. The van der Waals surface area contributed by atoms with Gasteiger partial charge in [0.2, 0.25) is 0 Å². The fourth-order valence-electron chi connectivity index (χ4n) is 3.28. The van der Waals surface area contributed by atoms with E-state index in [1.807, 2.05) is 60.1 Å². The van der Waals surface area contributed by atoms with Gasteiger partial charge < -0.3 is 15.0 Å². The lowest BCUT2D eigenvalue weighted by Gasteiger charge is -2.30. The van der Waals surface area contributed by atoms with Crippen molar-refractivity contribution in [2.45, 2.75) is 6.92 Å². The van der Waals surface area contributed by atoms with Crippen molar-refractivity contribution < 1.29 is 9.53 Å². The Morgan fingerprint density at radius 3 is 2.54 bits per heavy atom. The molecule has 1 aliphatic heterocycles. The monoisotopic (exact) mass is 440 g/mol. The van der Waals surface area contributed by atoms with Crippen molar-refractivity contribution in [2.24, 2.45) is 0 Å². The molecule has 144 valence electrons. The summed E-state index contributed by atoms with van der Waals surface area (Å²) in [7, 11) is 0. The van der Waals surface area contributed by atoms with Gasteiger partial charge in [-0.1, -0.05) is 15.9 Å². The number of rotatable bonds is 4. The minimum atomic E-state index is -0.142. The number of hydrogen-bond donors (Lipinski definition) is 1. The van der Waals surface area contributed by atoms with Crippen LogP contribution in [0, 0.1) is 6.92 Å². The number of nitrogens with zero attached hydrogens (tertiary/aromatic N) is 3. The zero-order valence-corrected chi connectivity index (χ0v) is 17.1. The normalized spacial score (nSPS) is 14.1. The molecule has 0 bridgehead atoms. The molecule has 1 aromatic heterocycles. The number of amides is 1. The lowest BCUT2D eigenvalue weighted by molar-refractivity contribution is 0.102. The van der Waals surface area contributed by atoms with Crippen LogP contribution in [-0.4, -0.2) is 42.0 Å². The van der Waals surface area contributed by atoms with Crippen molar-refractivity contribution >= 4 is 33.2 Å². The lowest BCUT2D eigenvalue weighted by atomic mass is 10.1. The first-order valence-electron chi connectivity index (χ1n) is 9.16. The number of aryl methyl sites for hydroxylation is 1. The first-order valence-corrected chi connectivity index (χ1v) is 9.96. The minimum Gasteiger partial charge on any atom is -0.378 e. The molecular formula is C21H21BrN4O2. The Kier molecular flexibility index (Phi) is 5.45. The molecule has 2 heterocycles. The molecule has 1 N–H and O–H groups in total. The van der Waals surface area contributed by atoms with Crippen molar-refractivity contribution in [3.63, 3.8) is 0 Å². The smallest absolute Gasteiger partial charge is 0.255 e. The van der Waals surface area contributed by atoms with Gasteiger partial charge in [0.15, 0.2) is 0 Å². The molecule has 1 saturated heterocycles. The molecule has 0 spiro atoms. The second kappa shape index (κ2) is 8.16. The Morgan fingerprint density at radius 2 is 1.86 bits per heavy atom. The molecular weight excluding hydrogens is 420 g/mol. The van der Waals surface area contributed by atoms with Gasteiger partial charge in [0.25, 0.3) is 5.91 Å². The number of nitrogens with one attached hydrogen (secondary N) is 1. The molecule has 6 nitrogen and oxygen atoms in total. The molecule has 0 saturated carbocycles. The molecule has 0 unspecified atom stereocenters. The van der Waals surface area contributed by atoms with E-state index in [9.17, 15) is 4.79 Å². The van der Waals surface area contributed by atoms with Crippen LogP contribution in [0.5, 0.6) is 0 Å². The van der Waals surface area contributed by atoms with Crippen LogP contribution in [0.4, 0.5) is 11.4 Å². The average molecular weight is 441 g/mol. The molecule has 4 rings (SSSR count). The largest absolute Gasteiger partial charge is 0.378 e. The van der Waals surface area contributed by atoms with Crippen molar-refractivity contribution in [3.8, 4) is 5.69 Å². The fourth-order valence-corrected chi connectivity index (χ4v) is 3.64. The third kappa shape index (κ3) is 3.95. The number of anilines is 2. The predicted octanol–water partition coefficient (Wildman–Crippen LogP) is 4.03. The fraction of sp³-hybridized carbons (Fsp3) is 0.238. The number of hydrogen-bond acceptors (Lipinski definition) is 4. The molecule has 7 heteroatoms. The predicted molar refractivity (Wildman–Crippen MR) is 113 cm³/mol. The van der Waals surface area contributed by atoms with E-state index < -0.39 is 0 Å². The van der Waals surface area contributed by atoms with Gasteiger partial charge in [-0.25, -0.2) is 4.68 Å². The van der Waals surface area contributed by atoms with Crippen molar-refractivity contribution in [1.29, 1.82) is 0 Å². The van der Waals surface area contributed by atoms with Gasteiger partial charge in [0.1, 0.15) is 0 Å². The van der Waals surface area contributed by atoms with Gasteiger partial charge >= 0.3 is 0 Å². The molecule has 1 amide bonds. The summed E-state index contributed by atoms with van der Waals surface area (Å²) in [6.45, 7) is 4.99. The van der Waals surface area contributed by atoms with Crippen LogP contribution in [0.15, 0.2) is 59.2 Å². The standard InChI is InChI=1S/C21H21BrN4O2/c1-15-8-9-23-26(15)18-5-2-16(3-6-18)21(27)24-19-14-17(22)4-7-20(19)25-10-12-28-13-11-25/h2-9,14H,10-13H2,1H3,(H,24,27). The Balaban J connectivity index is 1.55. The van der Waals surface area contributed by atoms with Crippen LogP contribution in [-0.2, 0) is 4.74 Å². The van der Waals surface area contributed by atoms with E-state index in [1.165, 1.54) is 0 Å². The Bertz CT molecular complexity index is 978. The van der Waals surface area contributed by atoms with E-state index >= 15 is 0 Å². The summed E-state index contributed by atoms with van der Waals surface area (Å²) < 4.78 is 8.20. The van der Waals surface area contributed by atoms with Crippen LogP contribution in [0.1, 0.15) is 16.1 Å². The number of morpholine rings is 1. The van der Waals surface area contributed by atoms with E-state index in [0.29, 0.717) is 18.8 Å². The highest BCUT2D eigenvalue weighted by Gasteiger charge is 2.17. The number of benzene rings is 2. The highest BCUT2D eigenvalue weighted by atomic mass is 79.9. The number of carbonyl (C=O) groups excluding carboxylic acids is 1. The van der Waals surface area contributed by atoms with Crippen LogP contribution in [0.25, 0.3) is 5.69 Å². The quantitative estimate of drug-likeness (QED) is 0.664. The maximum Gasteiger partial charge on any atom is 0.255 e. The van der Waals surface area contributed by atoms with Gasteiger partial charge in [-0.3, -0.25) is 4.79 Å². The van der Waals surface area contributed by atoms with Crippen LogP contribution in [0.2, 0.25) is 0 Å². The summed E-state index contributed by atoms with van der Waals surface area (Å²) in [5.74, 6) is -0.142. The van der Waals surface area contributed by atoms with Gasteiger partial charge in [-0.2, -0.15) is 5.10 Å². The summed E-state index contributed by atoms with van der Waals surface area (Å²) in [4.78, 5) is 15.1. The number of carbonyl (C=O) groups is 1. The molecule has 0 radical (unpaired) electrons. The SMILES string of the molecule is Cc1ccnn1-c1ccc(C(=O)Nc2cc(Br)ccc2N2CCOCC2)cc1. The van der Waals surface area contributed by atoms with Crippen molar-refractivity contribution in [2.75, 3.05) is 36.5 Å². The van der Waals surface area contributed by atoms with Gasteiger partial charge in [0.05, 0.1) is 30.3 Å². The Labute approximate surface area is 172 Å². The lowest BCUT2D eigenvalue weighted by Crippen LogP contribution is -2.36. The van der Waals surface area contributed by atoms with Crippen LogP contribution >= 0.6 is 15.9 Å². The second-order valence-corrected chi connectivity index (χ2v) is 7.56. The summed E-state index contributed by atoms with van der Waals surface area (Å²) in [6.07, 6.45) is 1.76. The molecule has 2 aromatic carbocycles. The zero-order chi connectivity index (χ0) is 19.5. The molecule has 0 atom stereocenters. The third-order valence-corrected chi connectivity index (χ3v) is 5.26. The van der Waals surface area contributed by atoms with E-state index in [0.717, 1.165) is 40.3 Å². The molecule has 3 aromatic rings. The minimum absolute atomic E-state index is 0.142. The summed E-state index contributed by atoms with van der Waals surface area (Å²) in [5, 5.41) is 7.35. The van der Waals surface area contributed by atoms with Gasteiger partial charge in [0, 0.05) is 35.0 Å². The molecule has 1 aliphatic rings. The molecule has 0 aliphatic carbocycles. The van der Waals surface area contributed by atoms with E-state index in [4.69, 9.17) is 4.74 Å². The van der Waals surface area contributed by atoms with Crippen molar-refractivity contribution in [1.82, 2.24) is 9.78 Å². The second-order valence-electron chi connectivity index (χ2n) is 6.65. The molecule has 28 heavy (non-hydrogen) atoms. The Morgan fingerprint density at radius 1 is 1.11 bits per heavy atom. The highest BCUT2D eigenvalue weighted by Crippen LogP contribution is 2.30. The van der Waals surface area contributed by atoms with Gasteiger partial charge in [-0.15, -0.1) is 0 Å². The van der Waals surface area contributed by atoms with E-state index in [1.54, 1.807) is 6.20 Å². The first-order chi connectivity index (χ1) is 13.6. The first kappa shape index (κ1) is 18.7. The Hall–Kier alpha value is -2.64. The van der Waals surface area contributed by atoms with E-state index in [2.05, 4.69) is 31.2 Å². The zero-order valence-electron chi connectivity index (χ0n) is 15.6. The maximum atomic E-state index is 12.8. The van der Waals surface area contributed by atoms with Gasteiger partial charge in [-0.05, 0) is 55.5 Å². The highest BCUT2D eigenvalue weighted by molar-refractivity contribution is 9.10. The number of aromatic nitrogens is 2. The summed E-state index contributed by atoms with van der Waals surface area (Å²) in [6, 6.07) is 15.3. The van der Waals surface area contributed by atoms with Crippen LogP contribution in [0.3, 0.4) is 0 Å².